The number of benzene rings is 2. The van der Waals surface area contributed by atoms with Crippen molar-refractivity contribution < 1.29 is 9.53 Å². The molecule has 2 aromatic carbocycles. The molecule has 0 spiro atoms. The molecule has 3 rings (SSSR count). The summed E-state index contributed by atoms with van der Waals surface area (Å²) in [5, 5.41) is 3.72. The molecule has 2 amide bonds. The Kier molecular flexibility index (Phi) is 5.82. The summed E-state index contributed by atoms with van der Waals surface area (Å²) in [6, 6.07) is 15.2. The number of halogens is 1. The monoisotopic (exact) mass is 358 g/mol. The smallest absolute Gasteiger partial charge is 0.322 e. The van der Waals surface area contributed by atoms with Crippen LogP contribution in [0.15, 0.2) is 48.5 Å². The Morgan fingerprint density at radius 3 is 2.72 bits per heavy atom. The standard InChI is InChI=1S/C20H23ClN2O2/c1-25-18-7-5-6-17(14-18)22-20(24)23-13-4-2-3-8-19(23)15-9-11-16(21)12-10-15/h5-7,9-12,14,19H,2-4,8,13H2,1H3,(H,22,24). The summed E-state index contributed by atoms with van der Waals surface area (Å²) in [6.07, 6.45) is 4.26. The van der Waals surface area contributed by atoms with E-state index >= 15 is 0 Å². The maximum Gasteiger partial charge on any atom is 0.322 e. The molecule has 0 radical (unpaired) electrons. The number of amides is 2. The highest BCUT2D eigenvalue weighted by Crippen LogP contribution is 2.31. The van der Waals surface area contributed by atoms with Gasteiger partial charge in [0.25, 0.3) is 0 Å². The van der Waals surface area contributed by atoms with Crippen molar-refractivity contribution in [3.8, 4) is 5.75 Å². The average molecular weight is 359 g/mol. The van der Waals surface area contributed by atoms with Crippen molar-refractivity contribution in [1.29, 1.82) is 0 Å². The van der Waals surface area contributed by atoms with Crippen LogP contribution in [0.1, 0.15) is 37.3 Å². The van der Waals surface area contributed by atoms with E-state index in [1.54, 1.807) is 7.11 Å². The molecule has 4 nitrogen and oxygen atoms in total. The molecule has 2 aromatic rings. The first-order valence-corrected chi connectivity index (χ1v) is 9.02. The van der Waals surface area contributed by atoms with Crippen LogP contribution in [0.5, 0.6) is 5.75 Å². The first kappa shape index (κ1) is 17.6. The number of carbonyl (C=O) groups is 1. The molecule has 0 aromatic heterocycles. The molecule has 132 valence electrons. The molecule has 1 saturated heterocycles. The first-order chi connectivity index (χ1) is 12.2. The molecular weight excluding hydrogens is 336 g/mol. The third-order valence-electron chi connectivity index (χ3n) is 4.59. The number of urea groups is 1. The van der Waals surface area contributed by atoms with Crippen molar-refractivity contribution in [3.63, 3.8) is 0 Å². The van der Waals surface area contributed by atoms with Gasteiger partial charge in [-0.1, -0.05) is 42.6 Å². The van der Waals surface area contributed by atoms with E-state index in [9.17, 15) is 4.79 Å². The van der Waals surface area contributed by atoms with Crippen molar-refractivity contribution >= 4 is 23.3 Å². The highest BCUT2D eigenvalue weighted by atomic mass is 35.5. The van der Waals surface area contributed by atoms with E-state index in [1.807, 2.05) is 53.4 Å². The molecule has 1 atom stereocenters. The molecule has 1 N–H and O–H groups in total. The summed E-state index contributed by atoms with van der Waals surface area (Å²) in [4.78, 5) is 14.9. The van der Waals surface area contributed by atoms with Gasteiger partial charge in [0.2, 0.25) is 0 Å². The predicted molar refractivity (Wildman–Crippen MR) is 101 cm³/mol. The van der Waals surface area contributed by atoms with Crippen LogP contribution in [-0.4, -0.2) is 24.6 Å². The van der Waals surface area contributed by atoms with Crippen molar-refractivity contribution in [3.05, 3.63) is 59.1 Å². The van der Waals surface area contributed by atoms with Crippen LogP contribution in [0, 0.1) is 0 Å². The minimum atomic E-state index is -0.0740. The van der Waals surface area contributed by atoms with Gasteiger partial charge in [0.15, 0.2) is 0 Å². The zero-order valence-electron chi connectivity index (χ0n) is 14.4. The Bertz CT molecular complexity index is 718. The third-order valence-corrected chi connectivity index (χ3v) is 4.84. The lowest BCUT2D eigenvalue weighted by Crippen LogP contribution is -2.38. The molecular formula is C20H23ClN2O2. The molecule has 1 aliphatic rings. The van der Waals surface area contributed by atoms with Gasteiger partial charge in [-0.15, -0.1) is 0 Å². The summed E-state index contributed by atoms with van der Waals surface area (Å²) >= 11 is 6.01. The van der Waals surface area contributed by atoms with Crippen molar-refractivity contribution in [2.75, 3.05) is 19.0 Å². The van der Waals surface area contributed by atoms with Crippen LogP contribution in [0.3, 0.4) is 0 Å². The van der Waals surface area contributed by atoms with E-state index in [0.29, 0.717) is 5.02 Å². The molecule has 0 saturated carbocycles. The van der Waals surface area contributed by atoms with E-state index in [4.69, 9.17) is 16.3 Å². The Morgan fingerprint density at radius 2 is 1.96 bits per heavy atom. The van der Waals surface area contributed by atoms with Gasteiger partial charge in [0, 0.05) is 23.3 Å². The molecule has 5 heteroatoms. The number of carbonyl (C=O) groups excluding carboxylic acids is 1. The number of methoxy groups -OCH3 is 1. The number of rotatable bonds is 3. The largest absolute Gasteiger partial charge is 0.497 e. The Hall–Kier alpha value is -2.20. The maximum atomic E-state index is 12.9. The van der Waals surface area contributed by atoms with Crippen molar-refractivity contribution in [2.45, 2.75) is 31.7 Å². The van der Waals surface area contributed by atoms with Crippen LogP contribution < -0.4 is 10.1 Å². The topological polar surface area (TPSA) is 41.6 Å². The van der Waals surface area contributed by atoms with Crippen LogP contribution in [0.25, 0.3) is 0 Å². The highest BCUT2D eigenvalue weighted by molar-refractivity contribution is 6.30. The number of ether oxygens (including phenoxy) is 1. The fraction of sp³-hybridized carbons (Fsp3) is 0.350. The van der Waals surface area contributed by atoms with Crippen LogP contribution in [0.4, 0.5) is 10.5 Å². The second-order valence-corrected chi connectivity index (χ2v) is 6.71. The summed E-state index contributed by atoms with van der Waals surface area (Å²) < 4.78 is 5.23. The van der Waals surface area contributed by atoms with Crippen LogP contribution in [-0.2, 0) is 0 Å². The minimum Gasteiger partial charge on any atom is -0.497 e. The average Bonchev–Trinajstić information content (AvgIpc) is 2.88. The van der Waals surface area contributed by atoms with E-state index in [-0.39, 0.29) is 12.1 Å². The van der Waals surface area contributed by atoms with Gasteiger partial charge < -0.3 is 15.0 Å². The summed E-state index contributed by atoms with van der Waals surface area (Å²) in [7, 11) is 1.62. The molecule has 25 heavy (non-hydrogen) atoms. The fourth-order valence-electron chi connectivity index (χ4n) is 3.28. The van der Waals surface area contributed by atoms with Gasteiger partial charge >= 0.3 is 6.03 Å². The van der Waals surface area contributed by atoms with E-state index < -0.39 is 0 Å². The van der Waals surface area contributed by atoms with Gasteiger partial charge in [0.1, 0.15) is 5.75 Å². The molecule has 1 unspecified atom stereocenters. The van der Waals surface area contributed by atoms with E-state index in [1.165, 1.54) is 0 Å². The number of nitrogens with one attached hydrogen (secondary N) is 1. The Labute approximate surface area is 153 Å². The normalized spacial score (nSPS) is 17.7. The number of anilines is 1. The zero-order chi connectivity index (χ0) is 17.6. The Balaban J connectivity index is 1.80. The molecule has 1 heterocycles. The number of nitrogens with zero attached hydrogens (tertiary/aromatic N) is 1. The van der Waals surface area contributed by atoms with E-state index in [0.717, 1.165) is 49.2 Å². The third kappa shape index (κ3) is 4.45. The predicted octanol–water partition coefficient (Wildman–Crippen LogP) is 5.50. The fourth-order valence-corrected chi connectivity index (χ4v) is 3.41. The minimum absolute atomic E-state index is 0.0740. The summed E-state index contributed by atoms with van der Waals surface area (Å²) in [5.74, 6) is 0.725. The second kappa shape index (κ2) is 8.26. The molecule has 0 aliphatic carbocycles. The lowest BCUT2D eigenvalue weighted by atomic mass is 10.0. The molecule has 1 aliphatic heterocycles. The van der Waals surface area contributed by atoms with Gasteiger partial charge in [-0.25, -0.2) is 4.79 Å². The first-order valence-electron chi connectivity index (χ1n) is 8.64. The summed E-state index contributed by atoms with van der Waals surface area (Å²) in [5.41, 5.74) is 1.87. The SMILES string of the molecule is COc1cccc(NC(=O)N2CCCCCC2c2ccc(Cl)cc2)c1. The van der Waals surface area contributed by atoms with E-state index in [2.05, 4.69) is 5.32 Å². The van der Waals surface area contributed by atoms with Gasteiger partial charge in [0.05, 0.1) is 13.2 Å². The van der Waals surface area contributed by atoms with Gasteiger partial charge in [-0.2, -0.15) is 0 Å². The lowest BCUT2D eigenvalue weighted by molar-refractivity contribution is 0.189. The second-order valence-electron chi connectivity index (χ2n) is 6.27. The van der Waals surface area contributed by atoms with Gasteiger partial charge in [-0.05, 0) is 42.7 Å². The van der Waals surface area contributed by atoms with Crippen LogP contribution >= 0.6 is 11.6 Å². The maximum absolute atomic E-state index is 12.9. The molecule has 0 bridgehead atoms. The number of likely N-dealkylation sites (tertiary alicyclic amines) is 1. The summed E-state index contributed by atoms with van der Waals surface area (Å²) in [6.45, 7) is 0.753. The number of hydrogen-bond acceptors (Lipinski definition) is 2. The van der Waals surface area contributed by atoms with Gasteiger partial charge in [-0.3, -0.25) is 0 Å². The van der Waals surface area contributed by atoms with Crippen molar-refractivity contribution in [1.82, 2.24) is 4.90 Å². The quantitative estimate of drug-likeness (QED) is 0.787. The van der Waals surface area contributed by atoms with Crippen LogP contribution in [0.2, 0.25) is 5.02 Å². The molecule has 1 fully saturated rings. The lowest BCUT2D eigenvalue weighted by Gasteiger charge is -2.30. The highest BCUT2D eigenvalue weighted by Gasteiger charge is 2.26. The Morgan fingerprint density at radius 1 is 1.16 bits per heavy atom. The number of hydrogen-bond donors (Lipinski definition) is 1. The zero-order valence-corrected chi connectivity index (χ0v) is 15.1. The van der Waals surface area contributed by atoms with Crippen molar-refractivity contribution in [2.24, 2.45) is 0 Å².